The summed E-state index contributed by atoms with van der Waals surface area (Å²) in [5.41, 5.74) is 0. The average Bonchev–Trinajstić information content (AvgIpc) is 2.71. The molecule has 3 nitrogen and oxygen atoms in total. The highest BCUT2D eigenvalue weighted by molar-refractivity contribution is 8.13. The smallest absolute Gasteiger partial charge is 0.157 e. The molecular weight excluding hydrogens is 208 g/mol. The molecule has 2 heterocycles. The van der Waals surface area contributed by atoms with Gasteiger partial charge in [0, 0.05) is 12.4 Å². The first-order valence-corrected chi connectivity index (χ1v) is 6.79. The number of amidine groups is 1. The number of hydrogen-bond donors (Lipinski definition) is 1. The van der Waals surface area contributed by atoms with Crippen molar-refractivity contribution in [3.8, 4) is 0 Å². The van der Waals surface area contributed by atoms with Crippen LogP contribution < -0.4 is 5.32 Å². The molecule has 0 aromatic rings. The maximum absolute atomic E-state index is 5.35. The van der Waals surface area contributed by atoms with Gasteiger partial charge < -0.3 is 10.1 Å². The van der Waals surface area contributed by atoms with E-state index in [1.807, 2.05) is 11.8 Å². The molecule has 0 aromatic carbocycles. The Hall–Kier alpha value is -0.220. The van der Waals surface area contributed by atoms with Crippen LogP contribution in [-0.4, -0.2) is 36.2 Å². The van der Waals surface area contributed by atoms with Crippen molar-refractivity contribution >= 4 is 16.9 Å². The van der Waals surface area contributed by atoms with Crippen molar-refractivity contribution < 1.29 is 4.74 Å². The number of rotatable bonds is 2. The Morgan fingerprint density at radius 2 is 2.33 bits per heavy atom. The topological polar surface area (TPSA) is 33.6 Å². The van der Waals surface area contributed by atoms with Gasteiger partial charge in [0.25, 0.3) is 0 Å². The van der Waals surface area contributed by atoms with Crippen LogP contribution in [0.1, 0.15) is 26.7 Å². The van der Waals surface area contributed by atoms with E-state index < -0.39 is 0 Å². The zero-order valence-corrected chi connectivity index (χ0v) is 10.3. The van der Waals surface area contributed by atoms with E-state index in [4.69, 9.17) is 9.73 Å². The number of ether oxygens (including phenoxy) is 1. The van der Waals surface area contributed by atoms with Gasteiger partial charge in [0.05, 0.1) is 18.7 Å². The van der Waals surface area contributed by atoms with Crippen LogP contribution in [0.3, 0.4) is 0 Å². The first-order valence-electron chi connectivity index (χ1n) is 5.80. The molecule has 2 unspecified atom stereocenters. The summed E-state index contributed by atoms with van der Waals surface area (Å²) in [5, 5.41) is 4.63. The van der Waals surface area contributed by atoms with E-state index >= 15 is 0 Å². The summed E-state index contributed by atoms with van der Waals surface area (Å²) in [6.07, 6.45) is 2.33. The Bertz CT molecular complexity index is 237. The summed E-state index contributed by atoms with van der Waals surface area (Å²) in [4.78, 5) is 4.76. The molecule has 0 radical (unpaired) electrons. The SMILES string of the molecule is CC(C)C1CCSC(NC2CCOC2)=N1. The molecule has 0 aromatic heterocycles. The molecule has 1 fully saturated rings. The number of nitrogens with one attached hydrogen (secondary N) is 1. The zero-order chi connectivity index (χ0) is 10.7. The van der Waals surface area contributed by atoms with E-state index in [9.17, 15) is 0 Å². The summed E-state index contributed by atoms with van der Waals surface area (Å²) in [7, 11) is 0. The average molecular weight is 228 g/mol. The molecule has 0 saturated carbocycles. The Balaban J connectivity index is 1.89. The van der Waals surface area contributed by atoms with Crippen LogP contribution in [0.5, 0.6) is 0 Å². The van der Waals surface area contributed by atoms with Crippen LogP contribution >= 0.6 is 11.8 Å². The Labute approximate surface area is 96.1 Å². The summed E-state index contributed by atoms with van der Waals surface area (Å²) in [5.74, 6) is 1.85. The van der Waals surface area contributed by atoms with Gasteiger partial charge in [-0.15, -0.1) is 0 Å². The summed E-state index contributed by atoms with van der Waals surface area (Å²) in [6.45, 7) is 6.23. The lowest BCUT2D eigenvalue weighted by molar-refractivity contribution is 0.192. The molecule has 2 aliphatic rings. The lowest BCUT2D eigenvalue weighted by atomic mass is 10.0. The summed E-state index contributed by atoms with van der Waals surface area (Å²) in [6, 6.07) is 0.998. The lowest BCUT2D eigenvalue weighted by Gasteiger charge is -2.24. The summed E-state index contributed by atoms with van der Waals surface area (Å²) >= 11 is 1.85. The second-order valence-corrected chi connectivity index (χ2v) is 5.67. The molecular formula is C11H20N2OS. The van der Waals surface area contributed by atoms with E-state index in [-0.39, 0.29) is 0 Å². The van der Waals surface area contributed by atoms with Gasteiger partial charge >= 0.3 is 0 Å². The Morgan fingerprint density at radius 1 is 1.47 bits per heavy atom. The fourth-order valence-corrected chi connectivity index (χ4v) is 2.93. The molecule has 2 aliphatic heterocycles. The second kappa shape index (κ2) is 5.21. The Kier molecular flexibility index (Phi) is 3.92. The van der Waals surface area contributed by atoms with Crippen molar-refractivity contribution in [1.82, 2.24) is 5.32 Å². The van der Waals surface area contributed by atoms with E-state index in [1.165, 1.54) is 12.2 Å². The zero-order valence-electron chi connectivity index (χ0n) is 9.53. The standard InChI is InChI=1S/C11H20N2OS/c1-8(2)10-4-6-15-11(13-10)12-9-3-5-14-7-9/h8-10H,3-7H2,1-2H3,(H,12,13). The fraction of sp³-hybridized carbons (Fsp3) is 0.909. The third-order valence-corrected chi connectivity index (χ3v) is 3.90. The van der Waals surface area contributed by atoms with Gasteiger partial charge in [-0.3, -0.25) is 4.99 Å². The summed E-state index contributed by atoms with van der Waals surface area (Å²) < 4.78 is 5.35. The van der Waals surface area contributed by atoms with Crippen LogP contribution in [0.25, 0.3) is 0 Å². The van der Waals surface area contributed by atoms with Crippen molar-refractivity contribution in [2.24, 2.45) is 10.9 Å². The van der Waals surface area contributed by atoms with Crippen LogP contribution in [0.2, 0.25) is 0 Å². The minimum absolute atomic E-state index is 0.488. The van der Waals surface area contributed by atoms with Crippen molar-refractivity contribution in [1.29, 1.82) is 0 Å². The highest BCUT2D eigenvalue weighted by atomic mass is 32.2. The van der Waals surface area contributed by atoms with E-state index in [1.54, 1.807) is 0 Å². The molecule has 2 atom stereocenters. The van der Waals surface area contributed by atoms with E-state index in [0.717, 1.165) is 24.8 Å². The molecule has 15 heavy (non-hydrogen) atoms. The number of nitrogens with zero attached hydrogens (tertiary/aromatic N) is 1. The monoisotopic (exact) mass is 228 g/mol. The lowest BCUT2D eigenvalue weighted by Crippen LogP contribution is -2.36. The van der Waals surface area contributed by atoms with Crippen molar-refractivity contribution in [2.75, 3.05) is 19.0 Å². The molecule has 0 spiro atoms. The van der Waals surface area contributed by atoms with Crippen LogP contribution in [0.15, 0.2) is 4.99 Å². The second-order valence-electron chi connectivity index (χ2n) is 4.59. The highest BCUT2D eigenvalue weighted by Crippen LogP contribution is 2.22. The van der Waals surface area contributed by atoms with Crippen LogP contribution in [-0.2, 0) is 4.74 Å². The highest BCUT2D eigenvalue weighted by Gasteiger charge is 2.22. The van der Waals surface area contributed by atoms with Gasteiger partial charge in [0.2, 0.25) is 0 Å². The molecule has 2 rings (SSSR count). The van der Waals surface area contributed by atoms with Gasteiger partial charge in [0.15, 0.2) is 5.17 Å². The third kappa shape index (κ3) is 3.11. The first kappa shape index (κ1) is 11.3. The van der Waals surface area contributed by atoms with Gasteiger partial charge in [-0.25, -0.2) is 0 Å². The minimum Gasteiger partial charge on any atom is -0.379 e. The van der Waals surface area contributed by atoms with Gasteiger partial charge in [0.1, 0.15) is 0 Å². The number of thioether (sulfide) groups is 1. The van der Waals surface area contributed by atoms with Crippen LogP contribution in [0, 0.1) is 5.92 Å². The van der Waals surface area contributed by atoms with Crippen molar-refractivity contribution in [2.45, 2.75) is 38.8 Å². The minimum atomic E-state index is 0.488. The van der Waals surface area contributed by atoms with E-state index in [2.05, 4.69) is 19.2 Å². The van der Waals surface area contributed by atoms with E-state index in [0.29, 0.717) is 18.0 Å². The van der Waals surface area contributed by atoms with Gasteiger partial charge in [-0.1, -0.05) is 25.6 Å². The van der Waals surface area contributed by atoms with Crippen LogP contribution in [0.4, 0.5) is 0 Å². The number of hydrogen-bond acceptors (Lipinski definition) is 4. The third-order valence-electron chi connectivity index (χ3n) is 2.96. The maximum atomic E-state index is 5.35. The molecule has 86 valence electrons. The fourth-order valence-electron chi connectivity index (χ4n) is 1.91. The predicted molar refractivity (Wildman–Crippen MR) is 65.5 cm³/mol. The maximum Gasteiger partial charge on any atom is 0.157 e. The number of aliphatic imine (C=N–C) groups is 1. The largest absolute Gasteiger partial charge is 0.379 e. The molecule has 0 aliphatic carbocycles. The molecule has 0 amide bonds. The predicted octanol–water partition coefficient (Wildman–Crippen LogP) is 1.88. The first-order chi connectivity index (χ1) is 7.25. The molecule has 1 N–H and O–H groups in total. The van der Waals surface area contributed by atoms with Gasteiger partial charge in [-0.05, 0) is 18.8 Å². The normalized spacial score (nSPS) is 31.8. The van der Waals surface area contributed by atoms with Crippen molar-refractivity contribution in [3.63, 3.8) is 0 Å². The Morgan fingerprint density at radius 3 is 3.00 bits per heavy atom. The quantitative estimate of drug-likeness (QED) is 0.783. The van der Waals surface area contributed by atoms with Crippen molar-refractivity contribution in [3.05, 3.63) is 0 Å². The molecule has 4 heteroatoms. The molecule has 1 saturated heterocycles. The molecule has 0 bridgehead atoms. The van der Waals surface area contributed by atoms with Gasteiger partial charge in [-0.2, -0.15) is 0 Å².